The van der Waals surface area contributed by atoms with Crippen molar-refractivity contribution in [3.63, 3.8) is 0 Å². The van der Waals surface area contributed by atoms with Crippen molar-refractivity contribution in [1.82, 2.24) is 24.1 Å². The minimum absolute atomic E-state index is 0.702. The van der Waals surface area contributed by atoms with Crippen LogP contribution in [0.25, 0.3) is 100 Å². The summed E-state index contributed by atoms with van der Waals surface area (Å²) in [5.41, 5.74) is 14.9. The van der Waals surface area contributed by atoms with E-state index < -0.39 is 0 Å². The van der Waals surface area contributed by atoms with Gasteiger partial charge in [-0.1, -0.05) is 127 Å². The van der Waals surface area contributed by atoms with E-state index in [-0.39, 0.29) is 0 Å². The Hall–Kier alpha value is -7.63. The highest BCUT2D eigenvalue weighted by Crippen LogP contribution is 2.41. The van der Waals surface area contributed by atoms with E-state index in [0.29, 0.717) is 5.82 Å². The lowest BCUT2D eigenvalue weighted by Crippen LogP contribution is -1.97. The molecule has 0 saturated carbocycles. The molecule has 0 aliphatic heterocycles. The van der Waals surface area contributed by atoms with Gasteiger partial charge in [-0.05, 0) is 77.9 Å². The molecule has 0 saturated heterocycles. The van der Waals surface area contributed by atoms with Crippen LogP contribution in [-0.4, -0.2) is 24.1 Å². The Bertz CT molecular complexity index is 3180. The largest absolute Gasteiger partial charge is 0.309 e. The molecule has 0 spiro atoms. The van der Waals surface area contributed by atoms with Crippen LogP contribution in [0.2, 0.25) is 0 Å². The molecule has 0 aliphatic rings. The molecule has 4 heterocycles. The van der Waals surface area contributed by atoms with Gasteiger partial charge >= 0.3 is 0 Å². The fourth-order valence-corrected chi connectivity index (χ4v) is 8.27. The first-order valence-electron chi connectivity index (χ1n) is 18.9. The third-order valence-electron chi connectivity index (χ3n) is 10.8. The van der Waals surface area contributed by atoms with Crippen molar-refractivity contribution in [2.45, 2.75) is 0 Å². The number of fused-ring (bicyclic) bond motifs is 6. The van der Waals surface area contributed by atoms with Crippen molar-refractivity contribution in [1.29, 1.82) is 0 Å². The van der Waals surface area contributed by atoms with Crippen LogP contribution in [0.1, 0.15) is 0 Å². The van der Waals surface area contributed by atoms with Crippen LogP contribution in [0.3, 0.4) is 0 Å². The summed E-state index contributed by atoms with van der Waals surface area (Å²) >= 11 is 0. The summed E-state index contributed by atoms with van der Waals surface area (Å²) in [4.78, 5) is 15.1. The number of aromatic nitrogens is 5. The third-order valence-corrected chi connectivity index (χ3v) is 10.8. The Labute approximate surface area is 323 Å². The van der Waals surface area contributed by atoms with Crippen LogP contribution < -0.4 is 0 Å². The van der Waals surface area contributed by atoms with Gasteiger partial charge in [0.2, 0.25) is 0 Å². The maximum Gasteiger partial charge on any atom is 0.160 e. The van der Waals surface area contributed by atoms with Crippen molar-refractivity contribution in [3.8, 4) is 56.4 Å². The van der Waals surface area contributed by atoms with Crippen molar-refractivity contribution < 1.29 is 0 Å². The highest BCUT2D eigenvalue weighted by molar-refractivity contribution is 6.17. The Morgan fingerprint density at radius 1 is 0.357 bits per heavy atom. The van der Waals surface area contributed by atoms with Gasteiger partial charge in [0.1, 0.15) is 0 Å². The first kappa shape index (κ1) is 31.9. The average Bonchev–Trinajstić information content (AvgIpc) is 3.80. The second-order valence-electron chi connectivity index (χ2n) is 14.1. The molecule has 0 radical (unpaired) electrons. The molecular weight excluding hydrogens is 683 g/mol. The molecule has 11 aromatic rings. The van der Waals surface area contributed by atoms with Crippen LogP contribution in [-0.2, 0) is 0 Å². The van der Waals surface area contributed by atoms with Gasteiger partial charge in [0.05, 0.1) is 39.0 Å². The number of benzene rings is 7. The van der Waals surface area contributed by atoms with Crippen molar-refractivity contribution in [2.75, 3.05) is 0 Å². The Balaban J connectivity index is 1.09. The van der Waals surface area contributed by atoms with E-state index in [4.69, 9.17) is 15.0 Å². The lowest BCUT2D eigenvalue weighted by molar-refractivity contribution is 1.16. The fourth-order valence-electron chi connectivity index (χ4n) is 8.27. The molecule has 0 fully saturated rings. The third kappa shape index (κ3) is 5.21. The van der Waals surface area contributed by atoms with Crippen LogP contribution in [0.4, 0.5) is 0 Å². The average molecular weight is 716 g/mol. The summed E-state index contributed by atoms with van der Waals surface area (Å²) in [6, 6.07) is 68.3. The van der Waals surface area contributed by atoms with Crippen molar-refractivity contribution >= 4 is 43.7 Å². The first-order chi connectivity index (χ1) is 27.8. The molecule has 11 rings (SSSR count). The van der Waals surface area contributed by atoms with E-state index in [1.54, 1.807) is 0 Å². The quantitative estimate of drug-likeness (QED) is 0.172. The summed E-state index contributed by atoms with van der Waals surface area (Å²) in [6.07, 6.45) is 1.89. The van der Waals surface area contributed by atoms with Gasteiger partial charge in [-0.2, -0.15) is 0 Å². The zero-order valence-corrected chi connectivity index (χ0v) is 30.3. The zero-order valence-electron chi connectivity index (χ0n) is 30.3. The summed E-state index contributed by atoms with van der Waals surface area (Å²) in [7, 11) is 0. The van der Waals surface area contributed by atoms with E-state index >= 15 is 0 Å². The van der Waals surface area contributed by atoms with Crippen molar-refractivity contribution in [3.05, 3.63) is 200 Å². The molecule has 5 heteroatoms. The predicted molar refractivity (Wildman–Crippen MR) is 230 cm³/mol. The van der Waals surface area contributed by atoms with Crippen molar-refractivity contribution in [2.24, 2.45) is 0 Å². The summed E-state index contributed by atoms with van der Waals surface area (Å²) in [5, 5.41) is 3.55. The molecule has 0 unspecified atom stereocenters. The standard InChI is InChI=1S/C51H33N5/c1-4-15-34(16-5-1)43-33-44(54-51(53-43)35-17-6-2-7-18-35)37-19-12-22-39(31-37)56-45-25-11-10-23-41(45)49-40(24-13-26-47(49)56)36-28-29-46-42(32-36)50-48(27-14-30-52-50)55(46)38-20-8-3-9-21-38/h1-33H. The minimum Gasteiger partial charge on any atom is -0.309 e. The second-order valence-corrected chi connectivity index (χ2v) is 14.1. The number of hydrogen-bond acceptors (Lipinski definition) is 3. The molecule has 0 atom stereocenters. The zero-order chi connectivity index (χ0) is 37.0. The van der Waals surface area contributed by atoms with Gasteiger partial charge in [0.15, 0.2) is 5.82 Å². The topological polar surface area (TPSA) is 48.5 Å². The van der Waals surface area contributed by atoms with Gasteiger partial charge in [-0.15, -0.1) is 0 Å². The predicted octanol–water partition coefficient (Wildman–Crippen LogP) is 12.7. The number of para-hydroxylation sites is 2. The fraction of sp³-hybridized carbons (Fsp3) is 0. The minimum atomic E-state index is 0.702. The van der Waals surface area contributed by atoms with Crippen LogP contribution >= 0.6 is 0 Å². The van der Waals surface area contributed by atoms with Gasteiger partial charge in [-0.25, -0.2) is 9.97 Å². The summed E-state index contributed by atoms with van der Waals surface area (Å²) in [6.45, 7) is 0. The maximum absolute atomic E-state index is 5.14. The Morgan fingerprint density at radius 2 is 0.964 bits per heavy atom. The molecule has 0 aliphatic carbocycles. The van der Waals surface area contributed by atoms with E-state index in [0.717, 1.165) is 78.0 Å². The second kappa shape index (κ2) is 13.0. The molecular formula is C51H33N5. The molecule has 7 aromatic carbocycles. The van der Waals surface area contributed by atoms with E-state index in [1.807, 2.05) is 48.7 Å². The lowest BCUT2D eigenvalue weighted by Gasteiger charge is -2.12. The molecule has 0 amide bonds. The molecule has 0 bridgehead atoms. The maximum atomic E-state index is 5.14. The highest BCUT2D eigenvalue weighted by atomic mass is 15.0. The first-order valence-corrected chi connectivity index (χ1v) is 18.9. The smallest absolute Gasteiger partial charge is 0.160 e. The molecule has 0 N–H and O–H groups in total. The molecule has 56 heavy (non-hydrogen) atoms. The number of nitrogens with zero attached hydrogens (tertiary/aromatic N) is 5. The lowest BCUT2D eigenvalue weighted by atomic mass is 9.98. The van der Waals surface area contributed by atoms with Crippen LogP contribution in [0, 0.1) is 0 Å². The molecule has 4 aromatic heterocycles. The molecule has 262 valence electrons. The summed E-state index contributed by atoms with van der Waals surface area (Å²) in [5.74, 6) is 0.702. The van der Waals surface area contributed by atoms with E-state index in [1.165, 1.54) is 16.3 Å². The number of hydrogen-bond donors (Lipinski definition) is 0. The summed E-state index contributed by atoms with van der Waals surface area (Å²) < 4.78 is 4.70. The Kier molecular flexibility index (Phi) is 7.42. The monoisotopic (exact) mass is 715 g/mol. The van der Waals surface area contributed by atoms with Gasteiger partial charge in [-0.3, -0.25) is 4.98 Å². The molecule has 5 nitrogen and oxygen atoms in total. The van der Waals surface area contributed by atoms with Crippen LogP contribution in [0.15, 0.2) is 200 Å². The number of pyridine rings is 1. The Morgan fingerprint density at radius 3 is 1.79 bits per heavy atom. The van der Waals surface area contributed by atoms with Crippen LogP contribution in [0.5, 0.6) is 0 Å². The van der Waals surface area contributed by atoms with E-state index in [9.17, 15) is 0 Å². The SMILES string of the molecule is c1ccc(-c2cc(-c3cccc(-n4c5ccccc5c5c(-c6ccc7c(c6)c6ncccc6n7-c6ccccc6)cccc54)c3)nc(-c3ccccc3)n2)cc1. The van der Waals surface area contributed by atoms with Gasteiger partial charge in [0.25, 0.3) is 0 Å². The normalized spacial score (nSPS) is 11.6. The number of rotatable bonds is 6. The van der Waals surface area contributed by atoms with E-state index in [2.05, 4.69) is 161 Å². The highest BCUT2D eigenvalue weighted by Gasteiger charge is 2.19. The van der Waals surface area contributed by atoms with Gasteiger partial charge < -0.3 is 9.13 Å². The van der Waals surface area contributed by atoms with Gasteiger partial charge in [0, 0.05) is 50.4 Å².